The highest BCUT2D eigenvalue weighted by molar-refractivity contribution is 6.33. The Morgan fingerprint density at radius 3 is 3.00 bits per heavy atom. The maximum atomic E-state index is 11.9. The van der Waals surface area contributed by atoms with Crippen molar-refractivity contribution in [1.82, 2.24) is 15.3 Å². The van der Waals surface area contributed by atoms with E-state index in [1.54, 1.807) is 0 Å². The molecule has 0 aliphatic carbocycles. The van der Waals surface area contributed by atoms with E-state index >= 15 is 0 Å². The van der Waals surface area contributed by atoms with Gasteiger partial charge in [0.15, 0.2) is 5.82 Å². The smallest absolute Gasteiger partial charge is 0.245 e. The van der Waals surface area contributed by atoms with Crippen molar-refractivity contribution in [3.8, 4) is 0 Å². The molecule has 4 N–H and O–H groups in total. The molecule has 0 spiro atoms. The highest BCUT2D eigenvalue weighted by Crippen LogP contribution is 2.30. The molecule has 98 valence electrons. The molecule has 7 nitrogen and oxygen atoms in total. The highest BCUT2D eigenvalue weighted by atomic mass is 35.5. The number of hydrogen-bond donors (Lipinski definition) is 3. The Labute approximate surface area is 110 Å². The minimum absolute atomic E-state index is 0.0642. The summed E-state index contributed by atoms with van der Waals surface area (Å²) >= 11 is 6.09. The third kappa shape index (κ3) is 2.06. The fraction of sp³-hybridized carbons (Fsp3) is 0.500. The SMILES string of the molecule is CC1(C)C(=O)NCCN1c1nc(NN)ncc1Cl. The van der Waals surface area contributed by atoms with Crippen LogP contribution in [0.5, 0.6) is 0 Å². The van der Waals surface area contributed by atoms with E-state index in [4.69, 9.17) is 17.4 Å². The lowest BCUT2D eigenvalue weighted by Gasteiger charge is -2.42. The van der Waals surface area contributed by atoms with Gasteiger partial charge in [-0.1, -0.05) is 11.6 Å². The monoisotopic (exact) mass is 270 g/mol. The lowest BCUT2D eigenvalue weighted by Crippen LogP contribution is -2.62. The van der Waals surface area contributed by atoms with Crippen molar-refractivity contribution >= 4 is 29.3 Å². The Balaban J connectivity index is 2.43. The summed E-state index contributed by atoms with van der Waals surface area (Å²) in [6.45, 7) is 4.80. The van der Waals surface area contributed by atoms with Crippen LogP contribution in [0.25, 0.3) is 0 Å². The van der Waals surface area contributed by atoms with Gasteiger partial charge in [-0.05, 0) is 13.8 Å². The van der Waals surface area contributed by atoms with Gasteiger partial charge in [0.05, 0.1) is 6.20 Å². The summed E-state index contributed by atoms with van der Waals surface area (Å²) < 4.78 is 0. The molecule has 0 saturated carbocycles. The summed E-state index contributed by atoms with van der Waals surface area (Å²) in [7, 11) is 0. The third-order valence-electron chi connectivity index (χ3n) is 2.96. The second-order valence-electron chi connectivity index (χ2n) is 4.48. The van der Waals surface area contributed by atoms with Gasteiger partial charge < -0.3 is 10.2 Å². The van der Waals surface area contributed by atoms with Crippen LogP contribution in [0.15, 0.2) is 6.20 Å². The van der Waals surface area contributed by atoms with Gasteiger partial charge in [0.2, 0.25) is 11.9 Å². The molecule has 1 amide bonds. The number of piperazine rings is 1. The van der Waals surface area contributed by atoms with Crippen molar-refractivity contribution < 1.29 is 4.79 Å². The maximum Gasteiger partial charge on any atom is 0.245 e. The number of halogens is 1. The molecule has 0 aromatic carbocycles. The number of amides is 1. The van der Waals surface area contributed by atoms with Crippen molar-refractivity contribution in [1.29, 1.82) is 0 Å². The van der Waals surface area contributed by atoms with Gasteiger partial charge in [0.25, 0.3) is 0 Å². The lowest BCUT2D eigenvalue weighted by molar-refractivity contribution is -0.126. The van der Waals surface area contributed by atoms with Gasteiger partial charge in [-0.15, -0.1) is 0 Å². The first-order chi connectivity index (χ1) is 8.46. The van der Waals surface area contributed by atoms with E-state index in [1.165, 1.54) is 6.20 Å². The Bertz CT molecular complexity index is 477. The second kappa shape index (κ2) is 4.58. The van der Waals surface area contributed by atoms with Gasteiger partial charge in [-0.3, -0.25) is 10.2 Å². The standard InChI is InChI=1S/C10H15ClN6O/c1-10(2)8(18)13-3-4-17(10)7-6(11)5-14-9(15-7)16-12/h5H,3-4,12H2,1-2H3,(H,13,18)(H,14,15,16). The molecule has 0 atom stereocenters. The first-order valence-electron chi connectivity index (χ1n) is 5.52. The zero-order chi connectivity index (χ0) is 13.3. The van der Waals surface area contributed by atoms with Crippen LogP contribution in [0.4, 0.5) is 11.8 Å². The molecular weight excluding hydrogens is 256 g/mol. The first kappa shape index (κ1) is 12.8. The van der Waals surface area contributed by atoms with Crippen LogP contribution in [0.2, 0.25) is 5.02 Å². The third-order valence-corrected chi connectivity index (χ3v) is 3.23. The predicted octanol–water partition coefficient (Wildman–Crippen LogP) is 0.130. The van der Waals surface area contributed by atoms with E-state index < -0.39 is 5.54 Å². The fourth-order valence-electron chi connectivity index (χ4n) is 1.89. The molecule has 0 radical (unpaired) electrons. The summed E-state index contributed by atoms with van der Waals surface area (Å²) in [4.78, 5) is 21.9. The average molecular weight is 271 g/mol. The number of carbonyl (C=O) groups is 1. The van der Waals surface area contributed by atoms with Crippen LogP contribution in [0, 0.1) is 0 Å². The topological polar surface area (TPSA) is 96.2 Å². The second-order valence-corrected chi connectivity index (χ2v) is 4.88. The van der Waals surface area contributed by atoms with Crippen LogP contribution >= 0.6 is 11.6 Å². The molecule has 0 unspecified atom stereocenters. The van der Waals surface area contributed by atoms with Crippen molar-refractivity contribution in [3.63, 3.8) is 0 Å². The van der Waals surface area contributed by atoms with Gasteiger partial charge in [0, 0.05) is 13.1 Å². The minimum Gasteiger partial charge on any atom is -0.352 e. The predicted molar refractivity (Wildman–Crippen MR) is 69.3 cm³/mol. The molecule has 1 aliphatic heterocycles. The zero-order valence-corrected chi connectivity index (χ0v) is 11.0. The number of nitrogens with two attached hydrogens (primary N) is 1. The number of carbonyl (C=O) groups excluding carboxylic acids is 1. The van der Waals surface area contributed by atoms with Gasteiger partial charge >= 0.3 is 0 Å². The first-order valence-corrected chi connectivity index (χ1v) is 5.89. The quantitative estimate of drug-likeness (QED) is 0.522. The molecule has 2 heterocycles. The van der Waals surface area contributed by atoms with Crippen LogP contribution in [0.1, 0.15) is 13.8 Å². The number of nitrogen functional groups attached to an aromatic ring is 1. The number of rotatable bonds is 2. The average Bonchev–Trinajstić information content (AvgIpc) is 2.34. The van der Waals surface area contributed by atoms with Crippen molar-refractivity contribution in [3.05, 3.63) is 11.2 Å². The van der Waals surface area contributed by atoms with Gasteiger partial charge in [-0.25, -0.2) is 10.8 Å². The Hall–Kier alpha value is -1.60. The highest BCUT2D eigenvalue weighted by Gasteiger charge is 2.39. The zero-order valence-electron chi connectivity index (χ0n) is 10.2. The molecule has 1 fully saturated rings. The Morgan fingerprint density at radius 2 is 2.33 bits per heavy atom. The number of hydrazine groups is 1. The minimum atomic E-state index is -0.720. The maximum absolute atomic E-state index is 11.9. The normalized spacial score (nSPS) is 18.4. The van der Waals surface area contributed by atoms with Crippen molar-refractivity contribution in [2.45, 2.75) is 19.4 Å². The number of aromatic nitrogens is 2. The fourth-order valence-corrected chi connectivity index (χ4v) is 2.08. The number of nitrogens with one attached hydrogen (secondary N) is 2. The van der Waals surface area contributed by atoms with Crippen LogP contribution in [-0.2, 0) is 4.79 Å². The summed E-state index contributed by atoms with van der Waals surface area (Å²) in [6.07, 6.45) is 1.46. The van der Waals surface area contributed by atoms with Crippen molar-refractivity contribution in [2.75, 3.05) is 23.4 Å². The largest absolute Gasteiger partial charge is 0.352 e. The Morgan fingerprint density at radius 1 is 1.61 bits per heavy atom. The summed E-state index contributed by atoms with van der Waals surface area (Å²) in [5.41, 5.74) is 1.64. The molecule has 1 aromatic rings. The molecule has 1 aromatic heterocycles. The van der Waals surface area contributed by atoms with Gasteiger partial charge in [0.1, 0.15) is 10.6 Å². The Kier molecular flexibility index (Phi) is 3.27. The summed E-state index contributed by atoms with van der Waals surface area (Å²) in [5, 5.41) is 3.20. The molecule has 8 heteroatoms. The molecule has 1 saturated heterocycles. The van der Waals surface area contributed by atoms with Crippen LogP contribution < -0.4 is 21.5 Å². The molecule has 1 aliphatic rings. The molecule has 0 bridgehead atoms. The number of nitrogens with zero attached hydrogens (tertiary/aromatic N) is 3. The van der Waals surface area contributed by atoms with E-state index in [0.29, 0.717) is 23.9 Å². The van der Waals surface area contributed by atoms with E-state index in [1.807, 2.05) is 18.7 Å². The number of hydrogen-bond acceptors (Lipinski definition) is 6. The van der Waals surface area contributed by atoms with E-state index in [9.17, 15) is 4.79 Å². The van der Waals surface area contributed by atoms with E-state index in [-0.39, 0.29) is 11.9 Å². The molecular formula is C10H15ClN6O. The van der Waals surface area contributed by atoms with Gasteiger partial charge in [-0.2, -0.15) is 4.98 Å². The van der Waals surface area contributed by atoms with Crippen LogP contribution in [0.3, 0.4) is 0 Å². The van der Waals surface area contributed by atoms with Crippen molar-refractivity contribution in [2.24, 2.45) is 5.84 Å². The lowest BCUT2D eigenvalue weighted by atomic mass is 9.99. The summed E-state index contributed by atoms with van der Waals surface area (Å²) in [5.74, 6) is 5.97. The number of anilines is 2. The molecule has 2 rings (SSSR count). The summed E-state index contributed by atoms with van der Waals surface area (Å²) in [6, 6.07) is 0. The van der Waals surface area contributed by atoms with Crippen LogP contribution in [-0.4, -0.2) is 34.5 Å². The van der Waals surface area contributed by atoms with E-state index in [2.05, 4.69) is 20.7 Å². The molecule has 18 heavy (non-hydrogen) atoms. The van der Waals surface area contributed by atoms with E-state index in [0.717, 1.165) is 0 Å².